The van der Waals surface area contributed by atoms with Crippen LogP contribution in [0.5, 0.6) is 0 Å². The summed E-state index contributed by atoms with van der Waals surface area (Å²) in [4.78, 5) is 4.15. The Balaban J connectivity index is 2.03. The van der Waals surface area contributed by atoms with Crippen molar-refractivity contribution in [2.75, 3.05) is 7.11 Å². The van der Waals surface area contributed by atoms with Crippen molar-refractivity contribution < 1.29 is 9.84 Å². The van der Waals surface area contributed by atoms with Crippen LogP contribution in [0, 0.1) is 0 Å². The zero-order valence-corrected chi connectivity index (χ0v) is 9.31. The second kappa shape index (κ2) is 3.94. The molecule has 4 heteroatoms. The first-order valence-corrected chi connectivity index (χ1v) is 5.37. The summed E-state index contributed by atoms with van der Waals surface area (Å²) in [5, 5.41) is 10.1. The fourth-order valence-corrected chi connectivity index (χ4v) is 2.20. The molecule has 0 spiro atoms. The van der Waals surface area contributed by atoms with Gasteiger partial charge in [0, 0.05) is 33.0 Å². The van der Waals surface area contributed by atoms with E-state index in [0.717, 1.165) is 18.7 Å². The summed E-state index contributed by atoms with van der Waals surface area (Å²) in [7, 11) is 3.62. The molecule has 1 saturated carbocycles. The number of aliphatic hydroxyl groups is 1. The van der Waals surface area contributed by atoms with E-state index in [9.17, 15) is 5.11 Å². The summed E-state index contributed by atoms with van der Waals surface area (Å²) in [6.45, 7) is 0. The molecule has 15 heavy (non-hydrogen) atoms. The summed E-state index contributed by atoms with van der Waals surface area (Å²) < 4.78 is 7.34. The van der Waals surface area contributed by atoms with Gasteiger partial charge in [0.05, 0.1) is 5.60 Å². The summed E-state index contributed by atoms with van der Waals surface area (Å²) in [5.74, 6) is 0.721. The molecule has 0 radical (unpaired) electrons. The lowest BCUT2D eigenvalue weighted by Crippen LogP contribution is -2.40. The van der Waals surface area contributed by atoms with Crippen molar-refractivity contribution >= 4 is 0 Å². The van der Waals surface area contributed by atoms with Gasteiger partial charge in [-0.1, -0.05) is 0 Å². The number of ether oxygens (including phenoxy) is 1. The lowest BCUT2D eigenvalue weighted by Gasteiger charge is -2.41. The van der Waals surface area contributed by atoms with E-state index in [1.165, 1.54) is 6.42 Å². The number of rotatable bonds is 4. The van der Waals surface area contributed by atoms with Gasteiger partial charge in [0.1, 0.15) is 11.9 Å². The van der Waals surface area contributed by atoms with Crippen LogP contribution in [-0.4, -0.2) is 27.4 Å². The predicted octanol–water partition coefficient (Wildman–Crippen LogP) is 1.41. The Labute approximate surface area is 89.9 Å². The lowest BCUT2D eigenvalue weighted by atomic mass is 9.76. The fourth-order valence-electron chi connectivity index (χ4n) is 2.20. The number of aromatic nitrogens is 2. The van der Waals surface area contributed by atoms with Crippen molar-refractivity contribution in [3.8, 4) is 0 Å². The van der Waals surface area contributed by atoms with Crippen LogP contribution in [0.25, 0.3) is 0 Å². The third-order valence-electron chi connectivity index (χ3n) is 3.42. The first-order valence-electron chi connectivity index (χ1n) is 5.37. The van der Waals surface area contributed by atoms with Crippen molar-refractivity contribution in [2.45, 2.75) is 37.4 Å². The minimum atomic E-state index is -0.523. The summed E-state index contributed by atoms with van der Waals surface area (Å²) >= 11 is 0. The van der Waals surface area contributed by atoms with Crippen molar-refractivity contribution in [3.05, 3.63) is 18.2 Å². The van der Waals surface area contributed by atoms with Gasteiger partial charge in [-0.25, -0.2) is 4.98 Å². The van der Waals surface area contributed by atoms with Crippen LogP contribution in [0.15, 0.2) is 12.4 Å². The number of aryl methyl sites for hydroxylation is 1. The van der Waals surface area contributed by atoms with E-state index < -0.39 is 6.10 Å². The quantitative estimate of drug-likeness (QED) is 0.817. The van der Waals surface area contributed by atoms with Gasteiger partial charge in [-0.3, -0.25) is 0 Å². The molecule has 1 aromatic heterocycles. The Kier molecular flexibility index (Phi) is 2.80. The highest BCUT2D eigenvalue weighted by Crippen LogP contribution is 2.41. The molecule has 0 saturated heterocycles. The van der Waals surface area contributed by atoms with Crippen LogP contribution in [0.3, 0.4) is 0 Å². The number of nitrogens with zero attached hydrogens (tertiary/aromatic N) is 2. The Morgan fingerprint density at radius 1 is 1.67 bits per heavy atom. The number of hydrogen-bond donors (Lipinski definition) is 1. The molecule has 1 aromatic rings. The van der Waals surface area contributed by atoms with E-state index in [0.29, 0.717) is 6.42 Å². The summed E-state index contributed by atoms with van der Waals surface area (Å²) in [5.41, 5.74) is -0.106. The second-order valence-corrected chi connectivity index (χ2v) is 4.36. The number of methoxy groups -OCH3 is 1. The standard InChI is InChI=1S/C11H18N2O2/c1-13-7-6-12-10(13)9(14)8-11(15-2)4-3-5-11/h6-7,9,14H,3-5,8H2,1-2H3. The average Bonchev–Trinajstić information content (AvgIpc) is 2.58. The fraction of sp³-hybridized carbons (Fsp3) is 0.727. The SMILES string of the molecule is COC1(CC(O)c2nccn2C)CCC1. The molecule has 1 N–H and O–H groups in total. The van der Waals surface area contributed by atoms with Crippen LogP contribution in [0.4, 0.5) is 0 Å². The zero-order chi connectivity index (χ0) is 10.9. The van der Waals surface area contributed by atoms with Gasteiger partial charge in [-0.2, -0.15) is 0 Å². The van der Waals surface area contributed by atoms with Crippen LogP contribution in [0.2, 0.25) is 0 Å². The van der Waals surface area contributed by atoms with Gasteiger partial charge in [0.2, 0.25) is 0 Å². The highest BCUT2D eigenvalue weighted by atomic mass is 16.5. The van der Waals surface area contributed by atoms with Crippen molar-refractivity contribution in [1.82, 2.24) is 9.55 Å². The molecule has 0 aromatic carbocycles. The Bertz CT molecular complexity index is 326. The van der Waals surface area contributed by atoms with E-state index in [4.69, 9.17) is 4.74 Å². The molecular formula is C11H18N2O2. The largest absolute Gasteiger partial charge is 0.385 e. The predicted molar refractivity (Wildman–Crippen MR) is 56.4 cm³/mol. The molecule has 84 valence electrons. The van der Waals surface area contributed by atoms with Crippen LogP contribution in [0.1, 0.15) is 37.6 Å². The molecule has 1 aliphatic carbocycles. The van der Waals surface area contributed by atoms with Crippen LogP contribution >= 0.6 is 0 Å². The van der Waals surface area contributed by atoms with Gasteiger partial charge in [0.15, 0.2) is 0 Å². The topological polar surface area (TPSA) is 47.3 Å². The minimum absolute atomic E-state index is 0.106. The molecule has 0 amide bonds. The van der Waals surface area contributed by atoms with Gasteiger partial charge >= 0.3 is 0 Å². The minimum Gasteiger partial charge on any atom is -0.385 e. The molecule has 4 nitrogen and oxygen atoms in total. The summed E-state index contributed by atoms with van der Waals surface area (Å²) in [6, 6.07) is 0. The molecule has 2 rings (SSSR count). The first-order chi connectivity index (χ1) is 7.17. The van der Waals surface area contributed by atoms with Gasteiger partial charge in [-0.15, -0.1) is 0 Å². The first kappa shape index (κ1) is 10.6. The summed E-state index contributed by atoms with van der Waals surface area (Å²) in [6.07, 6.45) is 6.97. The molecular weight excluding hydrogens is 192 g/mol. The average molecular weight is 210 g/mol. The van der Waals surface area contributed by atoms with Gasteiger partial charge in [0.25, 0.3) is 0 Å². The van der Waals surface area contributed by atoms with E-state index in [-0.39, 0.29) is 5.60 Å². The molecule has 0 aliphatic heterocycles. The normalized spacial score (nSPS) is 21.0. The van der Waals surface area contributed by atoms with E-state index in [2.05, 4.69) is 4.98 Å². The zero-order valence-electron chi connectivity index (χ0n) is 9.31. The van der Waals surface area contributed by atoms with E-state index in [1.807, 2.05) is 17.8 Å². The molecule has 1 fully saturated rings. The maximum Gasteiger partial charge on any atom is 0.137 e. The highest BCUT2D eigenvalue weighted by molar-refractivity contribution is 5.00. The van der Waals surface area contributed by atoms with Gasteiger partial charge in [-0.05, 0) is 19.3 Å². The number of aliphatic hydroxyl groups excluding tert-OH is 1. The lowest BCUT2D eigenvalue weighted by molar-refractivity contribution is -0.101. The maximum atomic E-state index is 10.1. The molecule has 1 atom stereocenters. The second-order valence-electron chi connectivity index (χ2n) is 4.36. The van der Waals surface area contributed by atoms with E-state index in [1.54, 1.807) is 13.3 Å². The molecule has 0 bridgehead atoms. The van der Waals surface area contributed by atoms with Crippen LogP contribution < -0.4 is 0 Å². The Hall–Kier alpha value is -0.870. The third-order valence-corrected chi connectivity index (χ3v) is 3.42. The van der Waals surface area contributed by atoms with Crippen LogP contribution in [-0.2, 0) is 11.8 Å². The Morgan fingerprint density at radius 2 is 2.40 bits per heavy atom. The highest BCUT2D eigenvalue weighted by Gasteiger charge is 2.39. The number of imidazole rings is 1. The monoisotopic (exact) mass is 210 g/mol. The smallest absolute Gasteiger partial charge is 0.137 e. The Morgan fingerprint density at radius 3 is 2.80 bits per heavy atom. The molecule has 1 aliphatic rings. The van der Waals surface area contributed by atoms with Crippen molar-refractivity contribution in [1.29, 1.82) is 0 Å². The van der Waals surface area contributed by atoms with Crippen molar-refractivity contribution in [2.24, 2.45) is 7.05 Å². The van der Waals surface area contributed by atoms with Gasteiger partial charge < -0.3 is 14.4 Å². The third kappa shape index (κ3) is 1.92. The molecule has 1 unspecified atom stereocenters. The van der Waals surface area contributed by atoms with E-state index >= 15 is 0 Å². The van der Waals surface area contributed by atoms with Crippen molar-refractivity contribution in [3.63, 3.8) is 0 Å². The number of hydrogen-bond acceptors (Lipinski definition) is 3. The maximum absolute atomic E-state index is 10.1. The molecule has 1 heterocycles.